The van der Waals surface area contributed by atoms with Crippen LogP contribution >= 0.6 is 11.3 Å². The Labute approximate surface area is 196 Å². The van der Waals surface area contributed by atoms with E-state index in [-0.39, 0.29) is 11.4 Å². The van der Waals surface area contributed by atoms with E-state index >= 15 is 0 Å². The highest BCUT2D eigenvalue weighted by Crippen LogP contribution is 2.32. The SMILES string of the molecule is CCOc1ccccc1NC(=O)Nc1nc2c(s1)CN(S(=O)(=O)c1ccc(OC)cc1)CC2. The van der Waals surface area contributed by atoms with Gasteiger partial charge in [-0.15, -0.1) is 0 Å². The van der Waals surface area contributed by atoms with Crippen molar-refractivity contribution in [3.05, 3.63) is 59.1 Å². The average Bonchev–Trinajstić information content (AvgIpc) is 3.22. The molecule has 2 amide bonds. The quantitative estimate of drug-likeness (QED) is 0.521. The van der Waals surface area contributed by atoms with E-state index in [0.717, 1.165) is 10.6 Å². The summed E-state index contributed by atoms with van der Waals surface area (Å²) >= 11 is 1.27. The van der Waals surface area contributed by atoms with Crippen molar-refractivity contribution >= 4 is 38.2 Å². The van der Waals surface area contributed by atoms with E-state index in [4.69, 9.17) is 9.47 Å². The number of rotatable bonds is 7. The zero-order chi connectivity index (χ0) is 23.4. The number of hydrogen-bond donors (Lipinski definition) is 2. The topological polar surface area (TPSA) is 110 Å². The molecule has 174 valence electrons. The van der Waals surface area contributed by atoms with E-state index in [0.29, 0.717) is 41.9 Å². The first-order valence-electron chi connectivity index (χ1n) is 10.3. The van der Waals surface area contributed by atoms with Crippen molar-refractivity contribution in [2.24, 2.45) is 0 Å². The van der Waals surface area contributed by atoms with Gasteiger partial charge in [0.15, 0.2) is 5.13 Å². The van der Waals surface area contributed by atoms with Crippen LogP contribution < -0.4 is 20.1 Å². The zero-order valence-corrected chi connectivity index (χ0v) is 19.8. The number of thiazole rings is 1. The van der Waals surface area contributed by atoms with Crippen LogP contribution in [0.5, 0.6) is 11.5 Å². The van der Waals surface area contributed by atoms with E-state index in [9.17, 15) is 13.2 Å². The molecule has 2 aromatic carbocycles. The molecule has 0 bridgehead atoms. The molecule has 0 spiro atoms. The summed E-state index contributed by atoms with van der Waals surface area (Å²) < 4.78 is 38.1. The largest absolute Gasteiger partial charge is 0.497 e. The summed E-state index contributed by atoms with van der Waals surface area (Å²) in [5.74, 6) is 1.17. The van der Waals surface area contributed by atoms with Crippen LogP contribution in [0.2, 0.25) is 0 Å². The summed E-state index contributed by atoms with van der Waals surface area (Å²) in [6.45, 7) is 2.88. The van der Waals surface area contributed by atoms with Crippen LogP contribution in [-0.2, 0) is 23.0 Å². The van der Waals surface area contributed by atoms with Gasteiger partial charge in [0.25, 0.3) is 0 Å². The van der Waals surface area contributed by atoms with Gasteiger partial charge in [0, 0.05) is 17.8 Å². The van der Waals surface area contributed by atoms with E-state index in [1.54, 1.807) is 30.3 Å². The smallest absolute Gasteiger partial charge is 0.325 e. The molecule has 2 N–H and O–H groups in total. The van der Waals surface area contributed by atoms with Gasteiger partial charge in [-0.05, 0) is 43.3 Å². The number of urea groups is 1. The molecule has 0 unspecified atom stereocenters. The van der Waals surface area contributed by atoms with Crippen LogP contribution in [0.15, 0.2) is 53.4 Å². The van der Waals surface area contributed by atoms with Crippen LogP contribution in [0, 0.1) is 0 Å². The monoisotopic (exact) mass is 488 g/mol. The van der Waals surface area contributed by atoms with Gasteiger partial charge in [0.2, 0.25) is 10.0 Å². The number of carbonyl (C=O) groups is 1. The number of carbonyl (C=O) groups excluding carboxylic acids is 1. The van der Waals surface area contributed by atoms with Gasteiger partial charge in [-0.3, -0.25) is 5.32 Å². The van der Waals surface area contributed by atoms with Crippen molar-refractivity contribution in [2.75, 3.05) is 30.9 Å². The molecule has 1 aromatic heterocycles. The number of methoxy groups -OCH3 is 1. The van der Waals surface area contributed by atoms with Crippen LogP contribution in [0.4, 0.5) is 15.6 Å². The second-order valence-corrected chi connectivity index (χ2v) is 10.2. The van der Waals surface area contributed by atoms with Crippen molar-refractivity contribution < 1.29 is 22.7 Å². The Kier molecular flexibility index (Phi) is 6.82. The molecule has 1 aliphatic rings. The summed E-state index contributed by atoms with van der Waals surface area (Å²) in [5.41, 5.74) is 1.35. The Morgan fingerprint density at radius 2 is 1.91 bits per heavy atom. The fourth-order valence-corrected chi connectivity index (χ4v) is 5.94. The number of fused-ring (bicyclic) bond motifs is 1. The van der Waals surface area contributed by atoms with Gasteiger partial charge < -0.3 is 14.8 Å². The van der Waals surface area contributed by atoms with Crippen molar-refractivity contribution in [3.8, 4) is 11.5 Å². The second kappa shape index (κ2) is 9.77. The minimum Gasteiger partial charge on any atom is -0.497 e. The number of amides is 2. The van der Waals surface area contributed by atoms with Crippen LogP contribution in [0.3, 0.4) is 0 Å². The molecular formula is C22H24N4O5S2. The van der Waals surface area contributed by atoms with Crippen molar-refractivity contribution in [1.29, 1.82) is 0 Å². The van der Waals surface area contributed by atoms with Gasteiger partial charge in [0.1, 0.15) is 11.5 Å². The van der Waals surface area contributed by atoms with Gasteiger partial charge in [-0.25, -0.2) is 18.2 Å². The van der Waals surface area contributed by atoms with Gasteiger partial charge in [-0.1, -0.05) is 23.5 Å². The molecule has 4 rings (SSSR count). The summed E-state index contributed by atoms with van der Waals surface area (Å²) in [5, 5.41) is 5.91. The molecule has 0 fully saturated rings. The summed E-state index contributed by atoms with van der Waals surface area (Å²) in [7, 11) is -2.12. The number of hydrogen-bond acceptors (Lipinski definition) is 7. The standard InChI is InChI=1S/C22H24N4O5S2/c1-3-31-19-7-5-4-6-17(19)23-21(27)25-22-24-18-12-13-26(14-20(18)32-22)33(28,29)16-10-8-15(30-2)9-11-16/h4-11H,3,12-14H2,1-2H3,(H2,23,24,25,27). The molecule has 0 aliphatic carbocycles. The molecule has 33 heavy (non-hydrogen) atoms. The Balaban J connectivity index is 1.44. The number of aromatic nitrogens is 1. The number of para-hydroxylation sites is 2. The lowest BCUT2D eigenvalue weighted by Crippen LogP contribution is -2.35. The molecule has 3 aromatic rings. The number of ether oxygens (including phenoxy) is 2. The predicted octanol–water partition coefficient (Wildman–Crippen LogP) is 3.94. The number of benzene rings is 2. The lowest BCUT2D eigenvalue weighted by molar-refractivity contribution is 0.262. The zero-order valence-electron chi connectivity index (χ0n) is 18.2. The van der Waals surface area contributed by atoms with Crippen LogP contribution in [0.1, 0.15) is 17.5 Å². The first-order chi connectivity index (χ1) is 15.9. The van der Waals surface area contributed by atoms with Crippen molar-refractivity contribution in [3.63, 3.8) is 0 Å². The molecule has 0 radical (unpaired) electrons. The van der Waals surface area contributed by atoms with E-state index in [1.807, 2.05) is 13.0 Å². The molecule has 1 aliphatic heterocycles. The number of sulfonamides is 1. The number of anilines is 2. The first-order valence-corrected chi connectivity index (χ1v) is 12.6. The minimum atomic E-state index is -3.65. The average molecular weight is 489 g/mol. The third kappa shape index (κ3) is 5.10. The highest BCUT2D eigenvalue weighted by Gasteiger charge is 2.30. The number of nitrogens with zero attached hydrogens (tertiary/aromatic N) is 2. The third-order valence-electron chi connectivity index (χ3n) is 5.05. The Bertz CT molecular complexity index is 1240. The fourth-order valence-electron chi connectivity index (χ4n) is 3.43. The number of nitrogens with one attached hydrogen (secondary N) is 2. The molecule has 0 saturated carbocycles. The maximum Gasteiger partial charge on any atom is 0.325 e. The van der Waals surface area contributed by atoms with Gasteiger partial charge in [-0.2, -0.15) is 4.31 Å². The minimum absolute atomic E-state index is 0.206. The maximum atomic E-state index is 13.0. The first kappa shape index (κ1) is 23.0. The van der Waals surface area contributed by atoms with Crippen molar-refractivity contribution in [1.82, 2.24) is 9.29 Å². The second-order valence-electron chi connectivity index (χ2n) is 7.16. The summed E-state index contributed by atoms with van der Waals surface area (Å²) in [4.78, 5) is 18.0. The lowest BCUT2D eigenvalue weighted by atomic mass is 10.2. The maximum absolute atomic E-state index is 13.0. The van der Waals surface area contributed by atoms with Crippen LogP contribution in [0.25, 0.3) is 0 Å². The van der Waals surface area contributed by atoms with E-state index < -0.39 is 16.1 Å². The Hall–Kier alpha value is -3.15. The summed E-state index contributed by atoms with van der Waals surface area (Å²) in [6.07, 6.45) is 0.470. The van der Waals surface area contributed by atoms with E-state index in [2.05, 4.69) is 15.6 Å². The molecule has 0 atom stereocenters. The summed E-state index contributed by atoms with van der Waals surface area (Å²) in [6, 6.07) is 13.0. The van der Waals surface area contributed by atoms with Gasteiger partial charge in [0.05, 0.1) is 36.5 Å². The molecule has 9 nitrogen and oxygen atoms in total. The normalized spacial score (nSPS) is 13.8. The van der Waals surface area contributed by atoms with Gasteiger partial charge >= 0.3 is 6.03 Å². The highest BCUT2D eigenvalue weighted by atomic mass is 32.2. The molecular weight excluding hydrogens is 464 g/mol. The molecule has 11 heteroatoms. The van der Waals surface area contributed by atoms with Crippen LogP contribution in [-0.4, -0.2) is 44.0 Å². The third-order valence-corrected chi connectivity index (χ3v) is 7.91. The lowest BCUT2D eigenvalue weighted by Gasteiger charge is -2.25. The predicted molar refractivity (Wildman–Crippen MR) is 127 cm³/mol. The fraction of sp³-hybridized carbons (Fsp3) is 0.273. The Morgan fingerprint density at radius 3 is 2.64 bits per heavy atom. The van der Waals surface area contributed by atoms with E-state index in [1.165, 1.54) is 34.9 Å². The molecule has 0 saturated heterocycles. The Morgan fingerprint density at radius 1 is 1.15 bits per heavy atom. The van der Waals surface area contributed by atoms with Crippen molar-refractivity contribution in [2.45, 2.75) is 24.8 Å². The molecule has 2 heterocycles. The highest BCUT2D eigenvalue weighted by molar-refractivity contribution is 7.89.